The number of nitrogens with one attached hydrogen (secondary N) is 1. The Morgan fingerprint density at radius 1 is 0.923 bits per heavy atom. The molecule has 0 fully saturated rings. The summed E-state index contributed by atoms with van der Waals surface area (Å²) in [6, 6.07) is 0. The van der Waals surface area contributed by atoms with Crippen LogP contribution in [-0.2, 0) is 4.74 Å². The van der Waals surface area contributed by atoms with Gasteiger partial charge in [-0.25, -0.2) is 4.79 Å². The van der Waals surface area contributed by atoms with Crippen LogP contribution >= 0.6 is 0 Å². The maximum Gasteiger partial charge on any atom is 0.407 e. The van der Waals surface area contributed by atoms with Crippen LogP contribution in [0.15, 0.2) is 11.6 Å². The van der Waals surface area contributed by atoms with Crippen LogP contribution in [0.5, 0.6) is 0 Å². The Morgan fingerprint density at radius 2 is 1.46 bits per heavy atom. The molecule has 3 heteroatoms. The van der Waals surface area contributed by atoms with Gasteiger partial charge in [-0.1, -0.05) is 78.2 Å². The summed E-state index contributed by atoms with van der Waals surface area (Å²) < 4.78 is 5.07. The molecule has 0 spiro atoms. The second-order valence-electron chi connectivity index (χ2n) is 8.54. The van der Waals surface area contributed by atoms with Crippen molar-refractivity contribution in [1.29, 1.82) is 0 Å². The predicted octanol–water partition coefficient (Wildman–Crippen LogP) is 7.12. The second-order valence-corrected chi connectivity index (χ2v) is 8.54. The molecule has 154 valence electrons. The molecule has 0 aliphatic rings. The van der Waals surface area contributed by atoms with Crippen LogP contribution < -0.4 is 5.32 Å². The normalized spacial score (nSPS) is 14.3. The van der Waals surface area contributed by atoms with E-state index in [-0.39, 0.29) is 6.09 Å². The van der Waals surface area contributed by atoms with Gasteiger partial charge in [0.2, 0.25) is 0 Å². The SMILES string of the molecule is CCNC(=O)OC/C=C(\C)CCC[C@H](C)CCC[C@H](C)CCCC(C)C. The topological polar surface area (TPSA) is 38.3 Å². The zero-order chi connectivity index (χ0) is 19.8. The highest BCUT2D eigenvalue weighted by Crippen LogP contribution is 2.22. The lowest BCUT2D eigenvalue weighted by Gasteiger charge is -2.15. The van der Waals surface area contributed by atoms with E-state index in [0.29, 0.717) is 13.2 Å². The molecule has 0 aliphatic carbocycles. The fourth-order valence-corrected chi connectivity index (χ4v) is 3.26. The molecule has 0 aromatic rings. The molecular formula is C23H45NO2. The number of alkyl carbamates (subject to hydrolysis) is 1. The van der Waals surface area contributed by atoms with Gasteiger partial charge in [0.15, 0.2) is 0 Å². The van der Waals surface area contributed by atoms with Gasteiger partial charge >= 0.3 is 6.09 Å². The molecule has 3 nitrogen and oxygen atoms in total. The molecule has 0 rings (SSSR count). The van der Waals surface area contributed by atoms with E-state index < -0.39 is 0 Å². The van der Waals surface area contributed by atoms with Crippen LogP contribution in [-0.4, -0.2) is 19.2 Å². The number of ether oxygens (including phenoxy) is 1. The van der Waals surface area contributed by atoms with Crippen molar-refractivity contribution in [3.05, 3.63) is 11.6 Å². The number of carbonyl (C=O) groups is 1. The van der Waals surface area contributed by atoms with Crippen molar-refractivity contribution in [2.24, 2.45) is 17.8 Å². The van der Waals surface area contributed by atoms with Gasteiger partial charge in [0.1, 0.15) is 6.61 Å². The van der Waals surface area contributed by atoms with Gasteiger partial charge in [0.25, 0.3) is 0 Å². The molecular weight excluding hydrogens is 322 g/mol. The molecule has 0 unspecified atom stereocenters. The van der Waals surface area contributed by atoms with Gasteiger partial charge in [-0.3, -0.25) is 0 Å². The minimum absolute atomic E-state index is 0.330. The summed E-state index contributed by atoms with van der Waals surface area (Å²) in [6.07, 6.45) is 13.6. The minimum Gasteiger partial charge on any atom is -0.445 e. The molecule has 0 saturated carbocycles. The average molecular weight is 368 g/mol. The summed E-state index contributed by atoms with van der Waals surface area (Å²) in [4.78, 5) is 11.2. The van der Waals surface area contributed by atoms with Gasteiger partial charge < -0.3 is 10.1 Å². The van der Waals surface area contributed by atoms with Crippen molar-refractivity contribution in [3.8, 4) is 0 Å². The van der Waals surface area contributed by atoms with Gasteiger partial charge in [-0.15, -0.1) is 0 Å². The summed E-state index contributed by atoms with van der Waals surface area (Å²) in [7, 11) is 0. The van der Waals surface area contributed by atoms with Crippen molar-refractivity contribution in [2.75, 3.05) is 13.2 Å². The molecule has 0 aliphatic heterocycles. The van der Waals surface area contributed by atoms with Crippen molar-refractivity contribution >= 4 is 6.09 Å². The van der Waals surface area contributed by atoms with Crippen LogP contribution in [0.2, 0.25) is 0 Å². The Bertz CT molecular complexity index is 376. The average Bonchev–Trinajstić information content (AvgIpc) is 2.54. The molecule has 0 saturated heterocycles. The van der Waals surface area contributed by atoms with Crippen molar-refractivity contribution in [3.63, 3.8) is 0 Å². The lowest BCUT2D eigenvalue weighted by atomic mass is 9.91. The highest BCUT2D eigenvalue weighted by Gasteiger charge is 2.06. The summed E-state index contributed by atoms with van der Waals surface area (Å²) in [5.74, 6) is 2.55. The van der Waals surface area contributed by atoms with E-state index in [2.05, 4.69) is 39.9 Å². The zero-order valence-electron chi connectivity index (χ0n) is 18.4. The largest absolute Gasteiger partial charge is 0.445 e. The maximum atomic E-state index is 11.2. The summed E-state index contributed by atoms with van der Waals surface area (Å²) in [6.45, 7) is 14.4. The molecule has 0 aromatic carbocycles. The van der Waals surface area contributed by atoms with Crippen LogP contribution in [0.1, 0.15) is 99.3 Å². The third kappa shape index (κ3) is 16.5. The zero-order valence-corrected chi connectivity index (χ0v) is 18.4. The first-order chi connectivity index (χ1) is 12.3. The number of hydrogen-bond donors (Lipinski definition) is 1. The van der Waals surface area contributed by atoms with Crippen molar-refractivity contribution in [2.45, 2.75) is 99.3 Å². The number of amides is 1. The Hall–Kier alpha value is -0.990. The third-order valence-electron chi connectivity index (χ3n) is 5.11. The molecule has 0 heterocycles. The summed E-state index contributed by atoms with van der Waals surface area (Å²) in [5, 5.41) is 2.63. The first kappa shape index (κ1) is 25.0. The van der Waals surface area contributed by atoms with Crippen LogP contribution in [0, 0.1) is 17.8 Å². The highest BCUT2D eigenvalue weighted by atomic mass is 16.5. The van der Waals surface area contributed by atoms with Gasteiger partial charge in [-0.2, -0.15) is 0 Å². The van der Waals surface area contributed by atoms with Gasteiger partial charge in [-0.05, 0) is 50.5 Å². The minimum atomic E-state index is -0.330. The predicted molar refractivity (Wildman–Crippen MR) is 114 cm³/mol. The van der Waals surface area contributed by atoms with Gasteiger partial charge in [0.05, 0.1) is 0 Å². The fraction of sp³-hybridized carbons (Fsp3) is 0.870. The van der Waals surface area contributed by atoms with E-state index in [1.807, 2.05) is 13.0 Å². The molecule has 26 heavy (non-hydrogen) atoms. The third-order valence-corrected chi connectivity index (χ3v) is 5.11. The maximum absolute atomic E-state index is 11.2. The molecule has 0 radical (unpaired) electrons. The Kier molecular flexibility index (Phi) is 15.6. The Labute approximate surface area is 163 Å². The van der Waals surface area contributed by atoms with Crippen LogP contribution in [0.4, 0.5) is 4.79 Å². The Balaban J connectivity index is 3.66. The van der Waals surface area contributed by atoms with Gasteiger partial charge in [0, 0.05) is 6.54 Å². The van der Waals surface area contributed by atoms with Crippen LogP contribution in [0.25, 0.3) is 0 Å². The van der Waals surface area contributed by atoms with E-state index in [4.69, 9.17) is 4.74 Å². The quantitative estimate of drug-likeness (QED) is 0.313. The standard InChI is InChI=1S/C23H45NO2/c1-7-24-23(25)26-18-17-22(6)16-10-15-21(5)14-9-13-20(4)12-8-11-19(2)3/h17,19-21H,7-16,18H2,1-6H3,(H,24,25)/b22-17+/t20-,21-/m1/s1. The van der Waals surface area contributed by atoms with Crippen molar-refractivity contribution in [1.82, 2.24) is 5.32 Å². The smallest absolute Gasteiger partial charge is 0.407 e. The first-order valence-corrected chi connectivity index (χ1v) is 10.9. The van der Waals surface area contributed by atoms with Crippen LogP contribution in [0.3, 0.4) is 0 Å². The first-order valence-electron chi connectivity index (χ1n) is 10.9. The van der Waals surface area contributed by atoms with E-state index in [0.717, 1.165) is 24.2 Å². The number of hydrogen-bond acceptors (Lipinski definition) is 2. The van der Waals surface area contributed by atoms with E-state index in [1.165, 1.54) is 56.9 Å². The molecule has 1 N–H and O–H groups in total. The van der Waals surface area contributed by atoms with E-state index in [1.54, 1.807) is 0 Å². The highest BCUT2D eigenvalue weighted by molar-refractivity contribution is 5.67. The number of carbonyl (C=O) groups excluding carboxylic acids is 1. The molecule has 2 atom stereocenters. The molecule has 0 aromatic heterocycles. The fourth-order valence-electron chi connectivity index (χ4n) is 3.26. The lowest BCUT2D eigenvalue weighted by molar-refractivity contribution is 0.158. The summed E-state index contributed by atoms with van der Waals surface area (Å²) >= 11 is 0. The van der Waals surface area contributed by atoms with E-state index >= 15 is 0 Å². The lowest BCUT2D eigenvalue weighted by Crippen LogP contribution is -2.23. The number of allylic oxidation sites excluding steroid dienone is 1. The molecule has 1 amide bonds. The summed E-state index contributed by atoms with van der Waals surface area (Å²) in [5.41, 5.74) is 1.32. The number of rotatable bonds is 15. The van der Waals surface area contributed by atoms with Crippen molar-refractivity contribution < 1.29 is 9.53 Å². The Morgan fingerprint density at radius 3 is 2.00 bits per heavy atom. The monoisotopic (exact) mass is 367 g/mol. The second kappa shape index (κ2) is 16.2. The molecule has 0 bridgehead atoms. The van der Waals surface area contributed by atoms with E-state index in [9.17, 15) is 4.79 Å².